The Bertz CT molecular complexity index is 1240. The normalized spacial score (nSPS) is 16.3. The molecule has 1 N–H and O–H groups in total. The third kappa shape index (κ3) is 3.62. The predicted molar refractivity (Wildman–Crippen MR) is 107 cm³/mol. The molecule has 0 saturated carbocycles. The largest absolute Gasteiger partial charge is 0.338 e. The Morgan fingerprint density at radius 2 is 2.10 bits per heavy atom. The third-order valence-electron chi connectivity index (χ3n) is 5.20. The number of benzene rings is 1. The Morgan fingerprint density at radius 1 is 1.31 bits per heavy atom. The quantitative estimate of drug-likeness (QED) is 0.648. The van der Waals surface area contributed by atoms with E-state index in [-0.39, 0.29) is 6.04 Å². The van der Waals surface area contributed by atoms with Crippen LogP contribution in [0.4, 0.5) is 4.39 Å². The van der Waals surface area contributed by atoms with E-state index < -0.39 is 16.2 Å². The van der Waals surface area contributed by atoms with E-state index in [0.29, 0.717) is 30.6 Å². The molecule has 0 unspecified atom stereocenters. The van der Waals surface area contributed by atoms with E-state index >= 15 is 0 Å². The molecule has 2 aromatic heterocycles. The second kappa shape index (κ2) is 7.22. The van der Waals surface area contributed by atoms with Gasteiger partial charge in [0.15, 0.2) is 0 Å². The smallest absolute Gasteiger partial charge is 0.279 e. The number of nitrogens with one attached hydrogen (secondary N) is 1. The number of halogens is 1. The summed E-state index contributed by atoms with van der Waals surface area (Å²) in [6.45, 7) is 0.364. The Balaban J connectivity index is 1.77. The highest BCUT2D eigenvalue weighted by atomic mass is 32.2. The van der Waals surface area contributed by atoms with Crippen molar-refractivity contribution in [2.24, 2.45) is 0 Å². The van der Waals surface area contributed by atoms with Gasteiger partial charge >= 0.3 is 0 Å². The maximum atomic E-state index is 13.6. The Hall–Kier alpha value is -2.80. The fourth-order valence-corrected chi connectivity index (χ4v) is 4.64. The van der Waals surface area contributed by atoms with E-state index in [4.69, 9.17) is 0 Å². The number of rotatable bonds is 5. The van der Waals surface area contributed by atoms with Crippen LogP contribution in [0.3, 0.4) is 0 Å². The number of hydrogen-bond donors (Lipinski definition) is 1. The van der Waals surface area contributed by atoms with Crippen LogP contribution in [0, 0.1) is 17.3 Å². The van der Waals surface area contributed by atoms with Gasteiger partial charge in [0.2, 0.25) is 5.95 Å². The molecule has 1 aliphatic rings. The molecular weight excluding hydrogens is 393 g/mol. The summed E-state index contributed by atoms with van der Waals surface area (Å²) in [5.41, 5.74) is 4.03. The monoisotopic (exact) mass is 413 g/mol. The number of fused-ring (bicyclic) bond motifs is 3. The van der Waals surface area contributed by atoms with Crippen molar-refractivity contribution in [3.05, 3.63) is 64.9 Å². The molecule has 0 radical (unpaired) electrons. The van der Waals surface area contributed by atoms with E-state index in [0.717, 1.165) is 26.5 Å². The summed E-state index contributed by atoms with van der Waals surface area (Å²) < 4.78 is 44.0. The molecule has 2 heterocycles. The van der Waals surface area contributed by atoms with Crippen LogP contribution < -0.4 is 4.72 Å². The zero-order valence-corrected chi connectivity index (χ0v) is 16.9. The van der Waals surface area contributed by atoms with Crippen LogP contribution in [0.5, 0.6) is 0 Å². The molecule has 29 heavy (non-hydrogen) atoms. The molecule has 9 heteroatoms. The lowest BCUT2D eigenvalue weighted by Gasteiger charge is -2.18. The molecule has 7 nitrogen and oxygen atoms in total. The zero-order valence-electron chi connectivity index (χ0n) is 16.1. The first-order valence-corrected chi connectivity index (χ1v) is 10.6. The molecule has 0 aliphatic heterocycles. The molecule has 4 rings (SSSR count). The second-order valence-electron chi connectivity index (χ2n) is 7.32. The van der Waals surface area contributed by atoms with Gasteiger partial charge in [0, 0.05) is 43.2 Å². The van der Waals surface area contributed by atoms with Crippen LogP contribution in [-0.4, -0.2) is 42.4 Å². The van der Waals surface area contributed by atoms with Gasteiger partial charge in [-0.1, -0.05) is 6.07 Å². The fourth-order valence-electron chi connectivity index (χ4n) is 3.84. The topological polar surface area (TPSA) is 91.0 Å². The van der Waals surface area contributed by atoms with Crippen molar-refractivity contribution in [2.45, 2.75) is 25.4 Å². The predicted octanol–water partition coefficient (Wildman–Crippen LogP) is 1.96. The molecule has 1 aromatic carbocycles. The van der Waals surface area contributed by atoms with Crippen molar-refractivity contribution in [3.63, 3.8) is 0 Å². The summed E-state index contributed by atoms with van der Waals surface area (Å²) in [6, 6.07) is 12.0. The first-order chi connectivity index (χ1) is 13.8. The van der Waals surface area contributed by atoms with Gasteiger partial charge in [-0.25, -0.2) is 4.98 Å². The fraction of sp³-hybridized carbons (Fsp3) is 0.300. The molecule has 0 bridgehead atoms. The van der Waals surface area contributed by atoms with Crippen molar-refractivity contribution in [3.8, 4) is 6.07 Å². The summed E-state index contributed by atoms with van der Waals surface area (Å²) in [4.78, 5) is 3.96. The molecule has 150 valence electrons. The van der Waals surface area contributed by atoms with Crippen molar-refractivity contribution in [2.75, 3.05) is 14.1 Å². The summed E-state index contributed by atoms with van der Waals surface area (Å²) >= 11 is 0. The zero-order chi connectivity index (χ0) is 20.8. The number of nitriles is 1. The van der Waals surface area contributed by atoms with E-state index in [1.54, 1.807) is 18.2 Å². The van der Waals surface area contributed by atoms with Crippen LogP contribution in [0.25, 0.3) is 10.9 Å². The van der Waals surface area contributed by atoms with Crippen molar-refractivity contribution in [1.29, 1.82) is 5.26 Å². The molecule has 1 atom stereocenters. The van der Waals surface area contributed by atoms with Gasteiger partial charge in [-0.2, -0.15) is 27.1 Å². The van der Waals surface area contributed by atoms with Crippen LogP contribution in [-0.2, 0) is 29.6 Å². The number of hydrogen-bond acceptors (Lipinski definition) is 4. The third-order valence-corrected chi connectivity index (χ3v) is 6.79. The van der Waals surface area contributed by atoms with Gasteiger partial charge in [-0.15, -0.1) is 0 Å². The Labute approximate surface area is 168 Å². The molecule has 0 fully saturated rings. The first-order valence-electron chi connectivity index (χ1n) is 9.14. The molecular formula is C20H20FN5O2S. The minimum absolute atomic E-state index is 0.283. The van der Waals surface area contributed by atoms with Gasteiger partial charge in [-0.05, 0) is 42.3 Å². The summed E-state index contributed by atoms with van der Waals surface area (Å²) in [5.74, 6) is -0.543. The SMILES string of the molecule is CN(C)S(=O)(=O)N[C@@H]1Cc2c(n(Cc3cccc(F)n3)c3ccc(C#N)cc23)C1. The lowest BCUT2D eigenvalue weighted by molar-refractivity contribution is 0.487. The van der Waals surface area contributed by atoms with Crippen LogP contribution in [0.15, 0.2) is 36.4 Å². The van der Waals surface area contributed by atoms with Gasteiger partial charge in [0.25, 0.3) is 10.2 Å². The standard InChI is InChI=1S/C20H20FN5O2S/c1-25(2)29(27,28)24-15-9-17-16-8-13(11-22)6-7-18(16)26(19(17)10-15)12-14-4-3-5-20(21)23-14/h3-8,15,24H,9-10,12H2,1-2H3/t15-/m1/s1. The molecule has 0 spiro atoms. The number of aromatic nitrogens is 2. The Morgan fingerprint density at radius 3 is 2.79 bits per heavy atom. The lowest BCUT2D eigenvalue weighted by Crippen LogP contribution is -2.42. The summed E-state index contributed by atoms with van der Waals surface area (Å²) in [6.07, 6.45) is 1.03. The molecule has 0 saturated heterocycles. The van der Waals surface area contributed by atoms with Crippen molar-refractivity contribution >= 4 is 21.1 Å². The number of pyridine rings is 1. The minimum Gasteiger partial charge on any atom is -0.338 e. The maximum absolute atomic E-state index is 13.6. The van der Waals surface area contributed by atoms with Crippen LogP contribution in [0.2, 0.25) is 0 Å². The average Bonchev–Trinajstić information content (AvgIpc) is 3.19. The molecule has 3 aromatic rings. The van der Waals surface area contributed by atoms with E-state index in [1.165, 1.54) is 20.2 Å². The van der Waals surface area contributed by atoms with Gasteiger partial charge in [0.1, 0.15) is 0 Å². The lowest BCUT2D eigenvalue weighted by atomic mass is 10.1. The van der Waals surface area contributed by atoms with E-state index in [2.05, 4.69) is 15.8 Å². The average molecular weight is 413 g/mol. The number of nitrogens with zero attached hydrogens (tertiary/aromatic N) is 4. The van der Waals surface area contributed by atoms with Gasteiger partial charge < -0.3 is 4.57 Å². The van der Waals surface area contributed by atoms with Gasteiger partial charge in [0.05, 0.1) is 23.9 Å². The van der Waals surface area contributed by atoms with Crippen LogP contribution >= 0.6 is 0 Å². The highest BCUT2D eigenvalue weighted by molar-refractivity contribution is 7.87. The first kappa shape index (κ1) is 19.5. The van der Waals surface area contributed by atoms with Gasteiger partial charge in [-0.3, -0.25) is 0 Å². The Kier molecular flexibility index (Phi) is 4.86. The van der Waals surface area contributed by atoms with E-state index in [9.17, 15) is 18.1 Å². The highest BCUT2D eigenvalue weighted by Crippen LogP contribution is 2.34. The van der Waals surface area contributed by atoms with Crippen LogP contribution in [0.1, 0.15) is 22.5 Å². The highest BCUT2D eigenvalue weighted by Gasteiger charge is 2.31. The molecule has 1 aliphatic carbocycles. The summed E-state index contributed by atoms with van der Waals surface area (Å²) in [5, 5.41) is 10.2. The van der Waals surface area contributed by atoms with E-state index in [1.807, 2.05) is 16.7 Å². The van der Waals surface area contributed by atoms with Crippen molar-refractivity contribution in [1.82, 2.24) is 18.6 Å². The maximum Gasteiger partial charge on any atom is 0.279 e. The summed E-state index contributed by atoms with van der Waals surface area (Å²) in [7, 11) is -0.599. The minimum atomic E-state index is -3.56. The molecule has 0 amide bonds. The van der Waals surface area contributed by atoms with Crippen molar-refractivity contribution < 1.29 is 12.8 Å². The second-order valence-corrected chi connectivity index (χ2v) is 9.23.